The lowest BCUT2D eigenvalue weighted by atomic mass is 10.3. The molecule has 0 aliphatic carbocycles. The van der Waals surface area contributed by atoms with Crippen molar-refractivity contribution in [2.24, 2.45) is 0 Å². The molecular weight excluding hydrogens is 259 g/mol. The molecule has 0 bridgehead atoms. The Labute approximate surface area is 109 Å². The van der Waals surface area contributed by atoms with Crippen molar-refractivity contribution in [3.63, 3.8) is 0 Å². The Hall–Kier alpha value is -1.45. The third kappa shape index (κ3) is 3.02. The maximum absolute atomic E-state index is 5.99. The average molecular weight is 269 g/mol. The van der Waals surface area contributed by atoms with Gasteiger partial charge >= 0.3 is 0 Å². The summed E-state index contributed by atoms with van der Waals surface area (Å²) >= 11 is 11.9. The number of aromatic nitrogens is 1. The van der Waals surface area contributed by atoms with Crippen LogP contribution in [0.25, 0.3) is 0 Å². The van der Waals surface area contributed by atoms with Crippen molar-refractivity contribution < 1.29 is 4.74 Å². The van der Waals surface area contributed by atoms with Gasteiger partial charge in [0.15, 0.2) is 0 Å². The van der Waals surface area contributed by atoms with Crippen molar-refractivity contribution in [3.05, 3.63) is 52.1 Å². The molecule has 1 heterocycles. The summed E-state index contributed by atoms with van der Waals surface area (Å²) < 4.78 is 5.55. The van der Waals surface area contributed by atoms with Crippen LogP contribution >= 0.6 is 23.2 Å². The molecule has 1 aromatic carbocycles. The van der Waals surface area contributed by atoms with Crippen LogP contribution in [0.15, 0.2) is 36.5 Å². The smallest absolute Gasteiger partial charge is 0.139 e. The van der Waals surface area contributed by atoms with Crippen molar-refractivity contribution in [1.82, 2.24) is 4.98 Å². The highest BCUT2D eigenvalue weighted by Gasteiger charge is 2.05. The van der Waals surface area contributed by atoms with Crippen molar-refractivity contribution in [1.29, 1.82) is 0 Å². The van der Waals surface area contributed by atoms with E-state index in [1.54, 1.807) is 30.5 Å². The van der Waals surface area contributed by atoms with Crippen LogP contribution in [0.1, 0.15) is 5.56 Å². The Bertz CT molecular complexity index is 514. The molecular formula is C12H10Cl2N2O. The van der Waals surface area contributed by atoms with E-state index in [1.807, 2.05) is 6.07 Å². The fraction of sp³-hybridized carbons (Fsp3) is 0.0833. The van der Waals surface area contributed by atoms with Crippen LogP contribution in [0.3, 0.4) is 0 Å². The molecule has 0 amide bonds. The second-order valence-electron chi connectivity index (χ2n) is 3.43. The van der Waals surface area contributed by atoms with E-state index < -0.39 is 0 Å². The number of rotatable bonds is 3. The summed E-state index contributed by atoms with van der Waals surface area (Å²) in [5, 5.41) is 0.886. The topological polar surface area (TPSA) is 48.1 Å². The van der Waals surface area contributed by atoms with Crippen LogP contribution in [-0.2, 0) is 6.61 Å². The molecule has 2 rings (SSSR count). The summed E-state index contributed by atoms with van der Waals surface area (Å²) in [7, 11) is 0. The molecule has 3 nitrogen and oxygen atoms in total. The number of hydrogen-bond donors (Lipinski definition) is 1. The van der Waals surface area contributed by atoms with E-state index in [0.29, 0.717) is 28.2 Å². The van der Waals surface area contributed by atoms with E-state index in [2.05, 4.69) is 4.98 Å². The Morgan fingerprint density at radius 2 is 2.00 bits per heavy atom. The largest absolute Gasteiger partial charge is 0.487 e. The molecule has 0 unspecified atom stereocenters. The number of nitrogens with two attached hydrogens (primary N) is 1. The predicted molar refractivity (Wildman–Crippen MR) is 69.4 cm³/mol. The highest BCUT2D eigenvalue weighted by Crippen LogP contribution is 2.31. The van der Waals surface area contributed by atoms with Crippen LogP contribution in [0.2, 0.25) is 10.0 Å². The van der Waals surface area contributed by atoms with E-state index in [0.717, 1.165) is 5.56 Å². The molecule has 0 aliphatic rings. The number of anilines is 1. The van der Waals surface area contributed by atoms with Gasteiger partial charge in [0.2, 0.25) is 0 Å². The SMILES string of the molecule is Nc1ccc(COc2cccc(Cl)c2Cl)cn1. The van der Waals surface area contributed by atoms with E-state index in [1.165, 1.54) is 0 Å². The van der Waals surface area contributed by atoms with Gasteiger partial charge in [0.25, 0.3) is 0 Å². The molecule has 0 radical (unpaired) electrons. The Kier molecular flexibility index (Phi) is 3.71. The van der Waals surface area contributed by atoms with Crippen molar-refractivity contribution >= 4 is 29.0 Å². The van der Waals surface area contributed by atoms with Crippen LogP contribution in [0.4, 0.5) is 5.82 Å². The van der Waals surface area contributed by atoms with Gasteiger partial charge in [0, 0.05) is 11.8 Å². The van der Waals surface area contributed by atoms with Gasteiger partial charge in [-0.2, -0.15) is 0 Å². The first-order valence-corrected chi connectivity index (χ1v) is 5.69. The molecule has 0 saturated carbocycles. The van der Waals surface area contributed by atoms with Crippen molar-refractivity contribution in [2.75, 3.05) is 5.73 Å². The molecule has 0 atom stereocenters. The molecule has 0 spiro atoms. The van der Waals surface area contributed by atoms with Gasteiger partial charge in [-0.05, 0) is 18.2 Å². The van der Waals surface area contributed by atoms with Gasteiger partial charge in [-0.15, -0.1) is 0 Å². The summed E-state index contributed by atoms with van der Waals surface area (Å²) in [5.41, 5.74) is 6.40. The zero-order chi connectivity index (χ0) is 12.3. The molecule has 1 aromatic heterocycles. The summed E-state index contributed by atoms with van der Waals surface area (Å²) in [4.78, 5) is 3.97. The number of pyridine rings is 1. The van der Waals surface area contributed by atoms with Crippen LogP contribution in [0.5, 0.6) is 5.75 Å². The number of halogens is 2. The second-order valence-corrected chi connectivity index (χ2v) is 4.22. The standard InChI is InChI=1S/C12H10Cl2N2O/c13-9-2-1-3-10(12(9)14)17-7-8-4-5-11(15)16-6-8/h1-6H,7H2,(H2,15,16). The Balaban J connectivity index is 2.07. The van der Waals surface area contributed by atoms with E-state index in [4.69, 9.17) is 33.7 Å². The lowest BCUT2D eigenvalue weighted by molar-refractivity contribution is 0.306. The van der Waals surface area contributed by atoms with Gasteiger partial charge in [0.05, 0.1) is 5.02 Å². The summed E-state index contributed by atoms with van der Waals surface area (Å²) in [6, 6.07) is 8.82. The van der Waals surface area contributed by atoms with Crippen molar-refractivity contribution in [3.8, 4) is 5.75 Å². The highest BCUT2D eigenvalue weighted by molar-refractivity contribution is 6.42. The van der Waals surface area contributed by atoms with Crippen molar-refractivity contribution in [2.45, 2.75) is 6.61 Å². The van der Waals surface area contributed by atoms with E-state index in [-0.39, 0.29) is 0 Å². The van der Waals surface area contributed by atoms with Gasteiger partial charge in [-0.3, -0.25) is 0 Å². The maximum atomic E-state index is 5.99. The average Bonchev–Trinajstić information content (AvgIpc) is 2.33. The zero-order valence-corrected chi connectivity index (χ0v) is 10.4. The Morgan fingerprint density at radius 1 is 1.18 bits per heavy atom. The quantitative estimate of drug-likeness (QED) is 0.926. The third-order valence-corrected chi connectivity index (χ3v) is 2.96. The minimum Gasteiger partial charge on any atom is -0.487 e. The number of hydrogen-bond acceptors (Lipinski definition) is 3. The second kappa shape index (κ2) is 5.25. The predicted octanol–water partition coefficient (Wildman–Crippen LogP) is 3.55. The highest BCUT2D eigenvalue weighted by atomic mass is 35.5. The maximum Gasteiger partial charge on any atom is 0.139 e. The molecule has 5 heteroatoms. The first-order valence-electron chi connectivity index (χ1n) is 4.94. The molecule has 0 saturated heterocycles. The van der Waals surface area contributed by atoms with Gasteiger partial charge in [-0.1, -0.05) is 35.3 Å². The molecule has 2 aromatic rings. The fourth-order valence-electron chi connectivity index (χ4n) is 1.28. The molecule has 0 fully saturated rings. The minimum absolute atomic E-state index is 0.368. The van der Waals surface area contributed by atoms with Crippen LogP contribution < -0.4 is 10.5 Å². The molecule has 17 heavy (non-hydrogen) atoms. The molecule has 88 valence electrons. The molecule has 2 N–H and O–H groups in total. The first-order chi connectivity index (χ1) is 8.16. The summed E-state index contributed by atoms with van der Waals surface area (Å²) in [6.07, 6.45) is 1.66. The fourth-order valence-corrected chi connectivity index (χ4v) is 1.62. The normalized spacial score (nSPS) is 10.2. The monoisotopic (exact) mass is 268 g/mol. The summed E-state index contributed by atoms with van der Waals surface area (Å²) in [6.45, 7) is 0.368. The van der Waals surface area contributed by atoms with Gasteiger partial charge < -0.3 is 10.5 Å². The van der Waals surface area contributed by atoms with Crippen LogP contribution in [-0.4, -0.2) is 4.98 Å². The number of ether oxygens (including phenoxy) is 1. The van der Waals surface area contributed by atoms with Gasteiger partial charge in [-0.25, -0.2) is 4.98 Å². The van der Waals surface area contributed by atoms with E-state index >= 15 is 0 Å². The Morgan fingerprint density at radius 3 is 2.71 bits per heavy atom. The van der Waals surface area contributed by atoms with E-state index in [9.17, 15) is 0 Å². The number of nitrogen functional groups attached to an aromatic ring is 1. The lowest BCUT2D eigenvalue weighted by Crippen LogP contribution is -1.98. The van der Waals surface area contributed by atoms with Crippen LogP contribution in [0, 0.1) is 0 Å². The zero-order valence-electron chi connectivity index (χ0n) is 8.86. The lowest BCUT2D eigenvalue weighted by Gasteiger charge is -2.08. The number of benzene rings is 1. The minimum atomic E-state index is 0.368. The van der Waals surface area contributed by atoms with Gasteiger partial charge in [0.1, 0.15) is 23.2 Å². The summed E-state index contributed by atoms with van der Waals surface area (Å²) in [5.74, 6) is 1.03. The molecule has 0 aliphatic heterocycles. The first kappa shape index (κ1) is 12.0. The number of nitrogens with zero attached hydrogens (tertiary/aromatic N) is 1. The third-order valence-electron chi connectivity index (χ3n) is 2.16.